The second kappa shape index (κ2) is 2.13. The summed E-state index contributed by atoms with van der Waals surface area (Å²) in [5.41, 5.74) is 0. The van der Waals surface area contributed by atoms with Crippen LogP contribution in [-0.4, -0.2) is 11.6 Å². The maximum Gasteiger partial charge on any atom is 0.418 e. The highest BCUT2D eigenvalue weighted by atomic mass is 32.2. The van der Waals surface area contributed by atoms with E-state index in [0.29, 0.717) is 11.8 Å². The largest absolute Gasteiger partial charge is 0.418 e. The number of alkyl halides is 3. The first-order chi connectivity index (χ1) is 4.11. The second-order valence-electron chi connectivity index (χ2n) is 1.47. The Morgan fingerprint density at radius 1 is 1.56 bits per heavy atom. The Balaban J connectivity index is 2.46. The van der Waals surface area contributed by atoms with Crippen LogP contribution in [0.4, 0.5) is 13.2 Å². The molecule has 0 amide bonds. The van der Waals surface area contributed by atoms with Gasteiger partial charge < -0.3 is 5.32 Å². The second-order valence-corrected chi connectivity index (χ2v) is 2.41. The van der Waals surface area contributed by atoms with E-state index in [2.05, 4.69) is 10.7 Å². The Bertz CT molecular complexity index is 122. The number of thioether (sulfide) groups is 1. The molecular formula is C4H3F3NS. The van der Waals surface area contributed by atoms with Gasteiger partial charge in [-0.3, -0.25) is 0 Å². The van der Waals surface area contributed by atoms with Crippen molar-refractivity contribution < 1.29 is 13.2 Å². The molecule has 0 aromatic heterocycles. The van der Waals surface area contributed by atoms with Crippen molar-refractivity contribution in [3.63, 3.8) is 0 Å². The van der Waals surface area contributed by atoms with Gasteiger partial charge in [-0.05, 0) is 0 Å². The van der Waals surface area contributed by atoms with Gasteiger partial charge in [-0.15, -0.1) is 0 Å². The van der Waals surface area contributed by atoms with E-state index in [1.54, 1.807) is 0 Å². The van der Waals surface area contributed by atoms with Crippen LogP contribution in [0.3, 0.4) is 0 Å². The zero-order valence-corrected chi connectivity index (χ0v) is 5.01. The van der Waals surface area contributed by atoms with Crippen LogP contribution in [-0.2, 0) is 0 Å². The minimum Gasteiger partial charge on any atom is -0.371 e. The fraction of sp³-hybridized carbons (Fsp3) is 0.500. The third-order valence-electron chi connectivity index (χ3n) is 0.777. The molecule has 1 N–H and O–H groups in total. The van der Waals surface area contributed by atoms with Crippen LogP contribution >= 0.6 is 11.8 Å². The lowest BCUT2D eigenvalue weighted by Crippen LogP contribution is -2.33. The minimum absolute atomic E-state index is 0.608. The predicted octanol–water partition coefficient (Wildman–Crippen LogP) is 1.49. The number of rotatable bonds is 0. The highest BCUT2D eigenvalue weighted by Gasteiger charge is 2.40. The van der Waals surface area contributed by atoms with Gasteiger partial charge >= 0.3 is 6.18 Å². The van der Waals surface area contributed by atoms with Gasteiger partial charge in [-0.1, -0.05) is 11.8 Å². The molecule has 1 nitrogen and oxygen atoms in total. The van der Waals surface area contributed by atoms with Crippen molar-refractivity contribution in [2.75, 3.05) is 0 Å². The fourth-order valence-corrected chi connectivity index (χ4v) is 0.949. The van der Waals surface area contributed by atoms with Gasteiger partial charge in [0, 0.05) is 11.6 Å². The average molecular weight is 154 g/mol. The molecule has 0 saturated carbocycles. The van der Waals surface area contributed by atoms with Gasteiger partial charge in [0.1, 0.15) is 0 Å². The van der Waals surface area contributed by atoms with Crippen molar-refractivity contribution in [3.05, 3.63) is 11.6 Å². The van der Waals surface area contributed by atoms with Crippen molar-refractivity contribution in [2.24, 2.45) is 0 Å². The summed E-state index contributed by atoms with van der Waals surface area (Å²) in [4.78, 5) is 0. The topological polar surface area (TPSA) is 12.0 Å². The van der Waals surface area contributed by atoms with Crippen LogP contribution < -0.4 is 5.32 Å². The third-order valence-corrected chi connectivity index (χ3v) is 1.67. The Labute approximate surface area is 54.3 Å². The van der Waals surface area contributed by atoms with Crippen LogP contribution in [0.5, 0.6) is 0 Å². The van der Waals surface area contributed by atoms with Crippen molar-refractivity contribution in [3.8, 4) is 0 Å². The Hall–Kier alpha value is -0.320. The first-order valence-corrected chi connectivity index (χ1v) is 3.04. The van der Waals surface area contributed by atoms with Crippen molar-refractivity contribution in [1.29, 1.82) is 0 Å². The fourth-order valence-electron chi connectivity index (χ4n) is 0.407. The van der Waals surface area contributed by atoms with E-state index in [-0.39, 0.29) is 0 Å². The molecule has 1 unspecified atom stereocenters. The van der Waals surface area contributed by atoms with Gasteiger partial charge in [-0.25, -0.2) is 0 Å². The number of hydrogen-bond donors (Lipinski definition) is 1. The molecule has 0 bridgehead atoms. The molecule has 1 heterocycles. The van der Waals surface area contributed by atoms with E-state index in [4.69, 9.17) is 0 Å². The summed E-state index contributed by atoms with van der Waals surface area (Å²) in [6, 6.07) is 0. The molecule has 1 aliphatic rings. The number of hydrogen-bond acceptors (Lipinski definition) is 2. The molecule has 0 spiro atoms. The predicted molar refractivity (Wildman–Crippen MR) is 28.4 cm³/mol. The lowest BCUT2D eigenvalue weighted by molar-refractivity contribution is -0.131. The lowest BCUT2D eigenvalue weighted by Gasteiger charge is -2.12. The molecule has 9 heavy (non-hydrogen) atoms. The standard InChI is InChI=1S/C4H3F3NS/c5-4(6,7)3-8-1-2-9-3/h1,3,8H. The van der Waals surface area contributed by atoms with E-state index >= 15 is 0 Å². The van der Waals surface area contributed by atoms with Crippen LogP contribution in [0.15, 0.2) is 6.20 Å². The smallest absolute Gasteiger partial charge is 0.371 e. The summed E-state index contributed by atoms with van der Waals surface area (Å²) < 4.78 is 34.9. The molecule has 1 atom stereocenters. The molecule has 1 radical (unpaired) electrons. The van der Waals surface area contributed by atoms with Crippen molar-refractivity contribution >= 4 is 11.8 Å². The molecule has 1 rings (SSSR count). The van der Waals surface area contributed by atoms with Gasteiger partial charge in [-0.2, -0.15) is 13.2 Å². The Kier molecular flexibility index (Phi) is 1.61. The maximum atomic E-state index is 11.6. The summed E-state index contributed by atoms with van der Waals surface area (Å²) in [6.45, 7) is 0. The zero-order chi connectivity index (χ0) is 6.91. The van der Waals surface area contributed by atoms with Gasteiger partial charge in [0.2, 0.25) is 0 Å². The number of halogens is 3. The molecule has 0 aromatic carbocycles. The van der Waals surface area contributed by atoms with Crippen LogP contribution in [0, 0.1) is 5.41 Å². The van der Waals surface area contributed by atoms with Crippen LogP contribution in [0.2, 0.25) is 0 Å². The molecule has 0 fully saturated rings. The summed E-state index contributed by atoms with van der Waals surface area (Å²) in [7, 11) is 0. The highest BCUT2D eigenvalue weighted by Crippen LogP contribution is 2.30. The number of nitrogens with one attached hydrogen (secondary N) is 1. The molecule has 1 aliphatic heterocycles. The van der Waals surface area contributed by atoms with E-state index in [1.807, 2.05) is 0 Å². The van der Waals surface area contributed by atoms with Crippen LogP contribution in [0.25, 0.3) is 0 Å². The lowest BCUT2D eigenvalue weighted by atomic mass is 10.6. The van der Waals surface area contributed by atoms with E-state index in [0.717, 1.165) is 0 Å². The summed E-state index contributed by atoms with van der Waals surface area (Å²) in [5.74, 6) is 0. The first-order valence-electron chi connectivity index (χ1n) is 2.16. The van der Waals surface area contributed by atoms with E-state index in [1.165, 1.54) is 6.20 Å². The van der Waals surface area contributed by atoms with Gasteiger partial charge in [0.15, 0.2) is 5.37 Å². The van der Waals surface area contributed by atoms with Gasteiger partial charge in [0.05, 0.1) is 0 Å². The van der Waals surface area contributed by atoms with Crippen molar-refractivity contribution in [1.82, 2.24) is 5.32 Å². The first kappa shape index (κ1) is 6.80. The monoisotopic (exact) mass is 154 g/mol. The van der Waals surface area contributed by atoms with Gasteiger partial charge in [0.25, 0.3) is 0 Å². The molecule has 0 aromatic rings. The highest BCUT2D eigenvalue weighted by molar-refractivity contribution is 8.01. The average Bonchev–Trinajstić information content (AvgIpc) is 2.08. The molecule has 0 aliphatic carbocycles. The van der Waals surface area contributed by atoms with Crippen LogP contribution in [0.1, 0.15) is 0 Å². The maximum absolute atomic E-state index is 11.6. The molecule has 51 valence electrons. The summed E-state index contributed by atoms with van der Waals surface area (Å²) >= 11 is 0.608. The third kappa shape index (κ3) is 1.54. The molecule has 0 saturated heterocycles. The summed E-state index contributed by atoms with van der Waals surface area (Å²) in [5, 5.41) is 2.95. The zero-order valence-electron chi connectivity index (χ0n) is 4.20. The SMILES string of the molecule is FC(F)(F)C1NC=[C]S1. The minimum atomic E-state index is -4.16. The Morgan fingerprint density at radius 3 is 2.44 bits per heavy atom. The van der Waals surface area contributed by atoms with Crippen molar-refractivity contribution in [2.45, 2.75) is 11.6 Å². The van der Waals surface area contributed by atoms with E-state index in [9.17, 15) is 13.2 Å². The normalized spacial score (nSPS) is 26.3. The quantitative estimate of drug-likeness (QED) is 0.567. The Morgan fingerprint density at radius 2 is 2.22 bits per heavy atom. The summed E-state index contributed by atoms with van der Waals surface area (Å²) in [6.07, 6.45) is -2.99. The molecular weight excluding hydrogens is 151 g/mol. The van der Waals surface area contributed by atoms with E-state index < -0.39 is 11.6 Å². The molecule has 5 heteroatoms.